The molecular formula is C13H12FN3O3S. The molecule has 0 aliphatic carbocycles. The number of nitrogens with one attached hydrogen (secondary N) is 1. The van der Waals surface area contributed by atoms with Crippen molar-refractivity contribution in [1.29, 1.82) is 0 Å². The minimum Gasteiger partial charge on any atom is -0.396 e. The highest BCUT2D eigenvalue weighted by Crippen LogP contribution is 2.21. The summed E-state index contributed by atoms with van der Waals surface area (Å²) in [7, 11) is -3.98. The summed E-state index contributed by atoms with van der Waals surface area (Å²) < 4.78 is 35.9. The number of sulfonamides is 1. The minimum absolute atomic E-state index is 0.0351. The quantitative estimate of drug-likeness (QED) is 0.741. The Morgan fingerprint density at radius 2 is 1.81 bits per heavy atom. The number of primary sulfonamides is 1. The molecule has 0 saturated carbocycles. The molecule has 1 amide bonds. The van der Waals surface area contributed by atoms with Crippen LogP contribution in [0, 0.1) is 5.82 Å². The molecule has 2 aromatic carbocycles. The van der Waals surface area contributed by atoms with E-state index in [9.17, 15) is 17.6 Å². The van der Waals surface area contributed by atoms with Crippen molar-refractivity contribution in [2.24, 2.45) is 5.14 Å². The number of carbonyl (C=O) groups excluding carboxylic acids is 1. The van der Waals surface area contributed by atoms with Crippen molar-refractivity contribution in [3.8, 4) is 0 Å². The second-order valence-corrected chi connectivity index (χ2v) is 5.76. The van der Waals surface area contributed by atoms with E-state index in [4.69, 9.17) is 10.9 Å². The van der Waals surface area contributed by atoms with Crippen LogP contribution in [0.25, 0.3) is 0 Å². The number of carbonyl (C=O) groups is 1. The molecule has 0 unspecified atom stereocenters. The zero-order valence-electron chi connectivity index (χ0n) is 10.7. The van der Waals surface area contributed by atoms with Gasteiger partial charge in [0.1, 0.15) is 10.7 Å². The Hall–Kier alpha value is -2.45. The van der Waals surface area contributed by atoms with E-state index in [1.165, 1.54) is 24.3 Å². The van der Waals surface area contributed by atoms with Crippen molar-refractivity contribution in [2.45, 2.75) is 4.90 Å². The molecule has 110 valence electrons. The third-order valence-electron chi connectivity index (χ3n) is 2.70. The van der Waals surface area contributed by atoms with E-state index in [1.54, 1.807) is 6.07 Å². The fourth-order valence-electron chi connectivity index (χ4n) is 1.70. The number of hydrogen-bond acceptors (Lipinski definition) is 4. The van der Waals surface area contributed by atoms with Crippen molar-refractivity contribution in [2.75, 3.05) is 11.1 Å². The number of rotatable bonds is 3. The Labute approximate surface area is 120 Å². The van der Waals surface area contributed by atoms with E-state index < -0.39 is 21.7 Å². The van der Waals surface area contributed by atoms with E-state index >= 15 is 0 Å². The molecule has 0 spiro atoms. The largest absolute Gasteiger partial charge is 0.396 e. The van der Waals surface area contributed by atoms with Gasteiger partial charge in [0.2, 0.25) is 10.0 Å². The Balaban J connectivity index is 2.34. The maximum atomic E-state index is 13.1. The number of para-hydroxylation sites is 1. The predicted octanol–water partition coefficient (Wildman–Crippen LogP) is 1.31. The molecule has 5 N–H and O–H groups in total. The minimum atomic E-state index is -3.98. The fourth-order valence-corrected chi connectivity index (χ4v) is 2.39. The van der Waals surface area contributed by atoms with E-state index in [-0.39, 0.29) is 21.8 Å². The average Bonchev–Trinajstić information content (AvgIpc) is 2.41. The van der Waals surface area contributed by atoms with Gasteiger partial charge in [-0.1, -0.05) is 12.1 Å². The number of benzene rings is 2. The monoisotopic (exact) mass is 309 g/mol. The Bertz CT molecular complexity index is 806. The number of nitrogen functional groups attached to an aromatic ring is 1. The zero-order valence-corrected chi connectivity index (χ0v) is 11.5. The van der Waals surface area contributed by atoms with Crippen LogP contribution in [0.15, 0.2) is 47.4 Å². The molecule has 0 saturated heterocycles. The molecule has 0 radical (unpaired) electrons. The molecule has 0 heterocycles. The van der Waals surface area contributed by atoms with Crippen LogP contribution in [-0.2, 0) is 10.0 Å². The van der Waals surface area contributed by atoms with Crippen LogP contribution in [0.1, 0.15) is 10.4 Å². The third kappa shape index (κ3) is 3.36. The lowest BCUT2D eigenvalue weighted by Gasteiger charge is -2.10. The van der Waals surface area contributed by atoms with Gasteiger partial charge in [0, 0.05) is 5.56 Å². The first kappa shape index (κ1) is 14.9. The standard InChI is InChI=1S/C13H12FN3O3S/c14-9-6-5-8(7-10(9)15)13(18)17-11-3-1-2-4-12(11)21(16,19)20/h1-7H,15H2,(H,17,18)(H2,16,19,20). The Kier molecular flexibility index (Phi) is 3.92. The summed E-state index contributed by atoms with van der Waals surface area (Å²) in [6.07, 6.45) is 0. The summed E-state index contributed by atoms with van der Waals surface area (Å²) >= 11 is 0. The topological polar surface area (TPSA) is 115 Å². The van der Waals surface area contributed by atoms with Gasteiger partial charge < -0.3 is 11.1 Å². The predicted molar refractivity (Wildman–Crippen MR) is 76.6 cm³/mol. The van der Waals surface area contributed by atoms with Crippen LogP contribution in [0.4, 0.5) is 15.8 Å². The number of halogens is 1. The molecule has 2 aromatic rings. The summed E-state index contributed by atoms with van der Waals surface area (Å²) in [6.45, 7) is 0. The van der Waals surface area contributed by atoms with Gasteiger partial charge in [-0.3, -0.25) is 4.79 Å². The van der Waals surface area contributed by atoms with E-state index in [2.05, 4.69) is 5.32 Å². The number of amides is 1. The normalized spacial score (nSPS) is 11.1. The van der Waals surface area contributed by atoms with E-state index in [0.717, 1.165) is 12.1 Å². The maximum absolute atomic E-state index is 13.1. The molecule has 6 nitrogen and oxygen atoms in total. The summed E-state index contributed by atoms with van der Waals surface area (Å²) in [5.74, 6) is -1.27. The van der Waals surface area contributed by atoms with Gasteiger partial charge in [-0.05, 0) is 30.3 Å². The number of hydrogen-bond donors (Lipinski definition) is 3. The van der Waals surface area contributed by atoms with Crippen LogP contribution in [0.2, 0.25) is 0 Å². The average molecular weight is 309 g/mol. The Morgan fingerprint density at radius 3 is 2.43 bits per heavy atom. The highest BCUT2D eigenvalue weighted by molar-refractivity contribution is 7.89. The van der Waals surface area contributed by atoms with Crippen LogP contribution in [0.5, 0.6) is 0 Å². The molecule has 21 heavy (non-hydrogen) atoms. The summed E-state index contributed by atoms with van der Waals surface area (Å²) in [4.78, 5) is 11.8. The van der Waals surface area contributed by atoms with Crippen LogP contribution in [0.3, 0.4) is 0 Å². The van der Waals surface area contributed by atoms with Crippen LogP contribution < -0.4 is 16.2 Å². The highest BCUT2D eigenvalue weighted by atomic mass is 32.2. The summed E-state index contributed by atoms with van der Waals surface area (Å²) in [5, 5.41) is 7.47. The summed E-state index contributed by atoms with van der Waals surface area (Å²) in [6, 6.07) is 9.13. The second-order valence-electron chi connectivity index (χ2n) is 4.23. The molecular weight excluding hydrogens is 297 g/mol. The molecule has 0 fully saturated rings. The van der Waals surface area contributed by atoms with Gasteiger partial charge >= 0.3 is 0 Å². The highest BCUT2D eigenvalue weighted by Gasteiger charge is 2.16. The van der Waals surface area contributed by atoms with Gasteiger partial charge in [-0.2, -0.15) is 0 Å². The zero-order chi connectivity index (χ0) is 15.6. The first-order chi connectivity index (χ1) is 9.79. The van der Waals surface area contributed by atoms with Gasteiger partial charge in [0.15, 0.2) is 0 Å². The van der Waals surface area contributed by atoms with Gasteiger partial charge in [0.05, 0.1) is 11.4 Å². The first-order valence-electron chi connectivity index (χ1n) is 5.77. The third-order valence-corrected chi connectivity index (χ3v) is 3.67. The van der Waals surface area contributed by atoms with Crippen LogP contribution in [-0.4, -0.2) is 14.3 Å². The van der Waals surface area contributed by atoms with Gasteiger partial charge in [-0.15, -0.1) is 0 Å². The van der Waals surface area contributed by atoms with Crippen molar-refractivity contribution >= 4 is 27.3 Å². The molecule has 8 heteroatoms. The smallest absolute Gasteiger partial charge is 0.255 e. The van der Waals surface area contributed by atoms with E-state index in [1.807, 2.05) is 0 Å². The van der Waals surface area contributed by atoms with Gasteiger partial charge in [0.25, 0.3) is 5.91 Å². The molecule has 0 aliphatic rings. The van der Waals surface area contributed by atoms with Gasteiger partial charge in [-0.25, -0.2) is 17.9 Å². The lowest BCUT2D eigenvalue weighted by Crippen LogP contribution is -2.18. The van der Waals surface area contributed by atoms with Crippen molar-refractivity contribution in [3.05, 3.63) is 53.8 Å². The number of nitrogens with two attached hydrogens (primary N) is 2. The number of anilines is 2. The Morgan fingerprint density at radius 1 is 1.14 bits per heavy atom. The maximum Gasteiger partial charge on any atom is 0.255 e. The molecule has 0 atom stereocenters. The lowest BCUT2D eigenvalue weighted by atomic mass is 10.2. The molecule has 0 bridgehead atoms. The molecule has 0 aromatic heterocycles. The summed E-state index contributed by atoms with van der Waals surface area (Å²) in [5.41, 5.74) is 5.33. The van der Waals surface area contributed by atoms with E-state index in [0.29, 0.717) is 0 Å². The SMILES string of the molecule is Nc1cc(C(=O)Nc2ccccc2S(N)(=O)=O)ccc1F. The first-order valence-corrected chi connectivity index (χ1v) is 7.32. The van der Waals surface area contributed by atoms with Crippen molar-refractivity contribution < 1.29 is 17.6 Å². The molecule has 2 rings (SSSR count). The molecule has 0 aliphatic heterocycles. The lowest BCUT2D eigenvalue weighted by molar-refractivity contribution is 0.102. The fraction of sp³-hybridized carbons (Fsp3) is 0. The van der Waals surface area contributed by atoms with Crippen molar-refractivity contribution in [3.63, 3.8) is 0 Å². The second kappa shape index (κ2) is 5.51. The van der Waals surface area contributed by atoms with Crippen LogP contribution >= 0.6 is 0 Å². The van der Waals surface area contributed by atoms with Crippen molar-refractivity contribution in [1.82, 2.24) is 0 Å².